The molecule has 0 aliphatic heterocycles. The van der Waals surface area contributed by atoms with Crippen LogP contribution in [-0.2, 0) is 11.3 Å². The number of hydrogen-bond acceptors (Lipinski definition) is 3. The van der Waals surface area contributed by atoms with Crippen LogP contribution in [0.3, 0.4) is 0 Å². The number of ether oxygens (including phenoxy) is 1. The van der Waals surface area contributed by atoms with E-state index < -0.39 is 0 Å². The van der Waals surface area contributed by atoms with Crippen LogP contribution in [0.1, 0.15) is 15.9 Å². The maximum atomic E-state index is 12.0. The lowest BCUT2D eigenvalue weighted by Crippen LogP contribution is -2.10. The standard InChI is InChI=1S/C13H12INO2S/c1-17-7-9-3-2-4-11(5-9)15-13(16)10-6-12(14)18-8-10/h2-6,8H,7H2,1H3,(H,15,16). The van der Waals surface area contributed by atoms with Crippen molar-refractivity contribution >= 4 is 45.5 Å². The Hall–Kier alpha value is -0.920. The number of methoxy groups -OCH3 is 1. The van der Waals surface area contributed by atoms with Crippen LogP contribution < -0.4 is 5.32 Å². The van der Waals surface area contributed by atoms with Crippen LogP contribution in [0.2, 0.25) is 0 Å². The fraction of sp³-hybridized carbons (Fsp3) is 0.154. The predicted octanol–water partition coefficient (Wildman–Crippen LogP) is 3.75. The second-order valence-corrected chi connectivity index (χ2v) is 6.53. The third kappa shape index (κ3) is 3.54. The zero-order chi connectivity index (χ0) is 13.0. The second kappa shape index (κ2) is 6.31. The maximum absolute atomic E-state index is 12.0. The normalized spacial score (nSPS) is 10.3. The van der Waals surface area contributed by atoms with Gasteiger partial charge in [-0.2, -0.15) is 0 Å². The number of amides is 1. The van der Waals surface area contributed by atoms with Crippen LogP contribution >= 0.6 is 33.9 Å². The Balaban J connectivity index is 2.09. The first-order valence-electron chi connectivity index (χ1n) is 5.32. The topological polar surface area (TPSA) is 38.3 Å². The summed E-state index contributed by atoms with van der Waals surface area (Å²) in [6.45, 7) is 0.542. The number of carbonyl (C=O) groups is 1. The summed E-state index contributed by atoms with van der Waals surface area (Å²) in [4.78, 5) is 12.0. The van der Waals surface area contributed by atoms with Gasteiger partial charge in [-0.25, -0.2) is 0 Å². The van der Waals surface area contributed by atoms with E-state index in [-0.39, 0.29) is 5.91 Å². The van der Waals surface area contributed by atoms with Gasteiger partial charge in [-0.3, -0.25) is 4.79 Å². The highest BCUT2D eigenvalue weighted by molar-refractivity contribution is 14.1. The summed E-state index contributed by atoms with van der Waals surface area (Å²) in [6.07, 6.45) is 0. The van der Waals surface area contributed by atoms with Gasteiger partial charge in [-0.05, 0) is 46.4 Å². The van der Waals surface area contributed by atoms with Crippen molar-refractivity contribution in [2.24, 2.45) is 0 Å². The van der Waals surface area contributed by atoms with Crippen molar-refractivity contribution < 1.29 is 9.53 Å². The molecule has 0 aliphatic carbocycles. The minimum atomic E-state index is -0.0799. The number of carbonyl (C=O) groups excluding carboxylic acids is 1. The number of rotatable bonds is 4. The van der Waals surface area contributed by atoms with Crippen molar-refractivity contribution in [3.05, 3.63) is 49.7 Å². The summed E-state index contributed by atoms with van der Waals surface area (Å²) in [5.41, 5.74) is 2.52. The molecule has 2 rings (SSSR count). The average molecular weight is 373 g/mol. The van der Waals surface area contributed by atoms with Crippen LogP contribution in [0.15, 0.2) is 35.7 Å². The van der Waals surface area contributed by atoms with Crippen molar-refractivity contribution in [2.75, 3.05) is 12.4 Å². The second-order valence-electron chi connectivity index (χ2n) is 3.73. The quantitative estimate of drug-likeness (QED) is 0.830. The number of halogens is 1. The molecule has 0 saturated heterocycles. The van der Waals surface area contributed by atoms with Gasteiger partial charge in [-0.1, -0.05) is 12.1 Å². The van der Waals surface area contributed by atoms with Gasteiger partial charge < -0.3 is 10.1 Å². The molecule has 18 heavy (non-hydrogen) atoms. The first-order chi connectivity index (χ1) is 8.69. The van der Waals surface area contributed by atoms with Gasteiger partial charge in [0, 0.05) is 18.2 Å². The lowest BCUT2D eigenvalue weighted by molar-refractivity contribution is 0.102. The van der Waals surface area contributed by atoms with Gasteiger partial charge in [-0.15, -0.1) is 11.3 Å². The van der Waals surface area contributed by atoms with E-state index in [4.69, 9.17) is 4.74 Å². The third-order valence-corrected chi connectivity index (χ3v) is 4.11. The molecule has 0 bridgehead atoms. The van der Waals surface area contributed by atoms with Gasteiger partial charge >= 0.3 is 0 Å². The van der Waals surface area contributed by atoms with Gasteiger partial charge in [0.25, 0.3) is 5.91 Å². The lowest BCUT2D eigenvalue weighted by atomic mass is 10.2. The summed E-state index contributed by atoms with van der Waals surface area (Å²) >= 11 is 3.76. The smallest absolute Gasteiger partial charge is 0.256 e. The van der Waals surface area contributed by atoms with Crippen molar-refractivity contribution in [2.45, 2.75) is 6.61 Å². The molecule has 94 valence electrons. The minimum Gasteiger partial charge on any atom is -0.380 e. The van der Waals surface area contributed by atoms with Crippen molar-refractivity contribution in [3.8, 4) is 0 Å². The van der Waals surface area contributed by atoms with Crippen LogP contribution in [0.25, 0.3) is 0 Å². The Morgan fingerprint density at radius 1 is 1.44 bits per heavy atom. The Morgan fingerprint density at radius 3 is 2.94 bits per heavy atom. The molecule has 1 heterocycles. The third-order valence-electron chi connectivity index (χ3n) is 2.33. The van der Waals surface area contributed by atoms with Gasteiger partial charge in [0.15, 0.2) is 0 Å². The van der Waals surface area contributed by atoms with E-state index in [1.807, 2.05) is 35.7 Å². The molecule has 0 saturated carbocycles. The van der Waals surface area contributed by atoms with Crippen LogP contribution in [0.5, 0.6) is 0 Å². The molecule has 0 unspecified atom stereocenters. The molecule has 0 radical (unpaired) electrons. The molecule has 2 aromatic rings. The molecule has 1 aromatic carbocycles. The van der Waals surface area contributed by atoms with Crippen molar-refractivity contribution in [3.63, 3.8) is 0 Å². The molecule has 1 N–H and O–H groups in total. The van der Waals surface area contributed by atoms with E-state index in [1.165, 1.54) is 0 Å². The summed E-state index contributed by atoms with van der Waals surface area (Å²) in [6, 6.07) is 9.53. The molecule has 1 aromatic heterocycles. The molecule has 3 nitrogen and oxygen atoms in total. The summed E-state index contributed by atoms with van der Waals surface area (Å²) in [7, 11) is 1.65. The Labute approximate surface area is 123 Å². The van der Waals surface area contributed by atoms with Gasteiger partial charge in [0.1, 0.15) is 0 Å². The summed E-state index contributed by atoms with van der Waals surface area (Å²) < 4.78 is 6.17. The highest BCUT2D eigenvalue weighted by Gasteiger charge is 2.08. The zero-order valence-electron chi connectivity index (χ0n) is 9.77. The predicted molar refractivity (Wildman–Crippen MR) is 82.1 cm³/mol. The van der Waals surface area contributed by atoms with E-state index >= 15 is 0 Å². The molecule has 5 heteroatoms. The van der Waals surface area contributed by atoms with E-state index in [1.54, 1.807) is 18.4 Å². The van der Waals surface area contributed by atoms with Crippen LogP contribution in [-0.4, -0.2) is 13.0 Å². The number of thiophene rings is 1. The van der Waals surface area contributed by atoms with E-state index in [2.05, 4.69) is 27.9 Å². The molecule has 1 amide bonds. The van der Waals surface area contributed by atoms with Crippen LogP contribution in [0, 0.1) is 2.88 Å². The lowest BCUT2D eigenvalue weighted by Gasteiger charge is -2.06. The first kappa shape index (κ1) is 13.5. The summed E-state index contributed by atoms with van der Waals surface area (Å²) in [5.74, 6) is -0.0799. The Kier molecular flexibility index (Phi) is 4.73. The highest BCUT2D eigenvalue weighted by atomic mass is 127. The fourth-order valence-corrected chi connectivity index (χ4v) is 2.86. The summed E-state index contributed by atoms with van der Waals surface area (Å²) in [5, 5.41) is 4.74. The zero-order valence-corrected chi connectivity index (χ0v) is 12.7. The van der Waals surface area contributed by atoms with E-state index in [9.17, 15) is 4.79 Å². The van der Waals surface area contributed by atoms with Gasteiger partial charge in [0.2, 0.25) is 0 Å². The van der Waals surface area contributed by atoms with Gasteiger partial charge in [0.05, 0.1) is 15.1 Å². The molecule has 0 atom stereocenters. The maximum Gasteiger partial charge on any atom is 0.256 e. The fourth-order valence-electron chi connectivity index (χ4n) is 1.54. The van der Waals surface area contributed by atoms with E-state index in [0.717, 1.165) is 14.1 Å². The average Bonchev–Trinajstić information content (AvgIpc) is 2.77. The Bertz CT molecular complexity index is 553. The Morgan fingerprint density at radius 2 is 2.28 bits per heavy atom. The van der Waals surface area contributed by atoms with Crippen LogP contribution in [0.4, 0.5) is 5.69 Å². The SMILES string of the molecule is COCc1cccc(NC(=O)c2csc(I)c2)c1. The van der Waals surface area contributed by atoms with Crippen molar-refractivity contribution in [1.29, 1.82) is 0 Å². The number of nitrogens with one attached hydrogen (secondary N) is 1. The monoisotopic (exact) mass is 373 g/mol. The molecular weight excluding hydrogens is 361 g/mol. The largest absolute Gasteiger partial charge is 0.380 e. The molecule has 0 fully saturated rings. The first-order valence-corrected chi connectivity index (χ1v) is 7.28. The van der Waals surface area contributed by atoms with Crippen molar-refractivity contribution in [1.82, 2.24) is 0 Å². The molecule has 0 aliphatic rings. The molecular formula is C13H12INO2S. The molecule has 0 spiro atoms. The highest BCUT2D eigenvalue weighted by Crippen LogP contribution is 2.18. The van der Waals surface area contributed by atoms with E-state index in [0.29, 0.717) is 12.2 Å². The number of hydrogen-bond donors (Lipinski definition) is 1. The number of anilines is 1. The minimum absolute atomic E-state index is 0.0799. The number of benzene rings is 1.